The molecule has 3 heterocycles. The third-order valence-electron chi connectivity index (χ3n) is 10.8. The third-order valence-corrected chi connectivity index (χ3v) is 10.8. The highest BCUT2D eigenvalue weighted by Gasteiger charge is 2.45. The molecule has 7 rings (SSSR count). The topological polar surface area (TPSA) is 220 Å². The largest absolute Gasteiger partial charge is 0.496 e. The maximum Gasteiger partial charge on any atom is 0.264 e. The number of carbonyl (C=O) groups excluding carboxylic acids is 6. The van der Waals surface area contributed by atoms with E-state index in [1.54, 1.807) is 37.3 Å². The fourth-order valence-electron chi connectivity index (χ4n) is 7.54. The van der Waals surface area contributed by atoms with Crippen LogP contribution in [0.1, 0.15) is 75.5 Å². The van der Waals surface area contributed by atoms with E-state index in [0.29, 0.717) is 58.4 Å². The molecule has 0 saturated carbocycles. The Labute approximate surface area is 355 Å². The molecule has 0 bridgehead atoms. The summed E-state index contributed by atoms with van der Waals surface area (Å²) < 4.78 is 21.4. The average Bonchev–Trinajstić information content (AvgIpc) is 3.53. The molecule has 2 aliphatic rings. The van der Waals surface area contributed by atoms with Gasteiger partial charge in [0.25, 0.3) is 17.7 Å². The number of ether oxygens (including phenoxy) is 1. The van der Waals surface area contributed by atoms with E-state index in [1.807, 2.05) is 30.3 Å². The second-order valence-corrected chi connectivity index (χ2v) is 14.8. The number of para-hydroxylation sites is 1. The number of nitrogens with one attached hydrogen (secondary N) is 6. The van der Waals surface area contributed by atoms with Crippen LogP contribution >= 0.6 is 0 Å². The molecule has 5 aromatic rings. The highest BCUT2D eigenvalue weighted by atomic mass is 19.1. The van der Waals surface area contributed by atoms with E-state index in [-0.39, 0.29) is 53.6 Å². The lowest BCUT2D eigenvalue weighted by Crippen LogP contribution is -2.54. The summed E-state index contributed by atoms with van der Waals surface area (Å²) in [6.07, 6.45) is 1.23. The number of aliphatic hydroxyl groups excluding tert-OH is 1. The number of unbranched alkanes of at least 4 members (excludes halogenated alkanes) is 1. The van der Waals surface area contributed by atoms with Crippen LogP contribution in [0.25, 0.3) is 22.0 Å². The first-order valence-corrected chi connectivity index (χ1v) is 20.0. The monoisotopic (exact) mass is 844 g/mol. The Balaban J connectivity index is 0.934. The molecule has 3 atom stereocenters. The number of piperidine rings is 1. The number of anilines is 3. The van der Waals surface area contributed by atoms with Gasteiger partial charge in [-0.1, -0.05) is 36.4 Å². The summed E-state index contributed by atoms with van der Waals surface area (Å²) >= 11 is 0. The maximum absolute atomic E-state index is 15.7. The summed E-state index contributed by atoms with van der Waals surface area (Å²) in [7, 11) is 3.03. The van der Waals surface area contributed by atoms with E-state index in [1.165, 1.54) is 38.6 Å². The zero-order chi connectivity index (χ0) is 44.1. The van der Waals surface area contributed by atoms with Crippen molar-refractivity contribution in [2.45, 2.75) is 50.9 Å². The number of nitrogens with zero attached hydrogens (tertiary/aromatic N) is 2. The molecule has 1 aromatic heterocycles. The van der Waals surface area contributed by atoms with Crippen LogP contribution in [-0.2, 0) is 14.4 Å². The molecule has 7 N–H and O–H groups in total. The molecule has 320 valence electrons. The fraction of sp³-hybridized carbons (Fsp3) is 0.267. The number of hydrogen-bond acceptors (Lipinski definition) is 12. The quantitative estimate of drug-likeness (QED) is 0.0414. The van der Waals surface area contributed by atoms with Crippen molar-refractivity contribution in [2.75, 3.05) is 37.9 Å². The number of imide groups is 2. The van der Waals surface area contributed by atoms with Gasteiger partial charge in [0.15, 0.2) is 0 Å². The van der Waals surface area contributed by atoms with Crippen LogP contribution in [0.15, 0.2) is 85.1 Å². The van der Waals surface area contributed by atoms with E-state index in [0.717, 1.165) is 10.6 Å². The normalized spacial score (nSPS) is 15.8. The molecule has 1 fully saturated rings. The number of halogens is 1. The molecule has 1 saturated heterocycles. The van der Waals surface area contributed by atoms with Crippen molar-refractivity contribution in [3.63, 3.8) is 0 Å². The lowest BCUT2D eigenvalue weighted by Gasteiger charge is -2.27. The number of methoxy groups -OCH3 is 1. The Bertz CT molecular complexity index is 2590. The van der Waals surface area contributed by atoms with Gasteiger partial charge >= 0.3 is 0 Å². The molecule has 4 aromatic carbocycles. The first-order valence-electron chi connectivity index (χ1n) is 20.0. The molecule has 0 spiro atoms. The van der Waals surface area contributed by atoms with E-state index in [9.17, 15) is 33.9 Å². The minimum atomic E-state index is -1.32. The Kier molecular flexibility index (Phi) is 12.8. The third kappa shape index (κ3) is 8.80. The molecule has 6 amide bonds. The lowest BCUT2D eigenvalue weighted by molar-refractivity contribution is -0.136. The van der Waals surface area contributed by atoms with Crippen molar-refractivity contribution in [2.24, 2.45) is 0 Å². The van der Waals surface area contributed by atoms with Gasteiger partial charge in [-0.25, -0.2) is 4.39 Å². The van der Waals surface area contributed by atoms with E-state index in [2.05, 4.69) is 36.9 Å². The average molecular weight is 845 g/mol. The van der Waals surface area contributed by atoms with Gasteiger partial charge in [0.05, 0.1) is 35.0 Å². The molecule has 3 unspecified atom stereocenters. The predicted molar refractivity (Wildman–Crippen MR) is 228 cm³/mol. The van der Waals surface area contributed by atoms with Crippen LogP contribution in [-0.4, -0.2) is 89.8 Å². The summed E-state index contributed by atoms with van der Waals surface area (Å²) in [6, 6.07) is 20.0. The number of hydrogen-bond donors (Lipinski definition) is 7. The van der Waals surface area contributed by atoms with Gasteiger partial charge in [-0.2, -0.15) is 0 Å². The number of benzene rings is 4. The van der Waals surface area contributed by atoms with Gasteiger partial charge < -0.3 is 31.1 Å². The van der Waals surface area contributed by atoms with Gasteiger partial charge in [-0.05, 0) is 74.7 Å². The van der Waals surface area contributed by atoms with Crippen molar-refractivity contribution >= 4 is 63.4 Å². The van der Waals surface area contributed by atoms with Crippen LogP contribution in [0, 0.1) is 5.82 Å². The fourth-order valence-corrected chi connectivity index (χ4v) is 7.54. The number of amides is 6. The number of pyridine rings is 1. The van der Waals surface area contributed by atoms with Crippen LogP contribution in [0.4, 0.5) is 21.5 Å². The van der Waals surface area contributed by atoms with Crippen LogP contribution in [0.5, 0.6) is 5.75 Å². The van der Waals surface area contributed by atoms with Gasteiger partial charge in [-0.3, -0.25) is 49.3 Å². The molecule has 0 aliphatic carbocycles. The van der Waals surface area contributed by atoms with Gasteiger partial charge in [0.1, 0.15) is 29.9 Å². The van der Waals surface area contributed by atoms with Gasteiger partial charge in [0.2, 0.25) is 17.7 Å². The number of fused-ring (bicyclic) bond motifs is 2. The number of carbonyl (C=O) groups is 6. The predicted octanol–water partition coefficient (Wildman–Crippen LogP) is 4.53. The van der Waals surface area contributed by atoms with Crippen LogP contribution in [0.2, 0.25) is 0 Å². The molecular weight excluding hydrogens is 800 g/mol. The summed E-state index contributed by atoms with van der Waals surface area (Å²) in [5, 5.41) is 28.4. The minimum absolute atomic E-state index is 0.00164. The highest BCUT2D eigenvalue weighted by molar-refractivity contribution is 6.25. The molecule has 16 nitrogen and oxygen atoms in total. The van der Waals surface area contributed by atoms with E-state index >= 15 is 4.39 Å². The minimum Gasteiger partial charge on any atom is -0.496 e. The first kappa shape index (κ1) is 42.9. The molecule has 2 aliphatic heterocycles. The summed E-state index contributed by atoms with van der Waals surface area (Å²) in [4.78, 5) is 81.9. The highest BCUT2D eigenvalue weighted by Crippen LogP contribution is 2.39. The van der Waals surface area contributed by atoms with Crippen molar-refractivity contribution in [3.05, 3.63) is 113 Å². The number of aliphatic hydroxyl groups is 1. The smallest absolute Gasteiger partial charge is 0.264 e. The van der Waals surface area contributed by atoms with Gasteiger partial charge in [0, 0.05) is 60.2 Å². The van der Waals surface area contributed by atoms with E-state index in [4.69, 9.17) is 4.74 Å². The van der Waals surface area contributed by atoms with Crippen LogP contribution in [0.3, 0.4) is 0 Å². The second-order valence-electron chi connectivity index (χ2n) is 14.8. The summed E-state index contributed by atoms with van der Waals surface area (Å²) in [5.74, 6) is -3.45. The van der Waals surface area contributed by atoms with Crippen molar-refractivity contribution in [3.8, 4) is 16.9 Å². The van der Waals surface area contributed by atoms with Crippen LogP contribution < -0.4 is 36.6 Å². The number of rotatable bonds is 16. The summed E-state index contributed by atoms with van der Waals surface area (Å²) in [6.45, 7) is 2.19. The SMILES string of the molecule is CNC(=O)c1cnc2cc(OC)c(-c3ccc(C(O)NCCCCNC(=O)C(C)Nc4cccc5c4C(=O)N(C4CCC(=O)NC4=O)C5=O)c(F)c3)cc2c1Nc1ccccc1. The lowest BCUT2D eigenvalue weighted by atomic mass is 9.98. The zero-order valence-corrected chi connectivity index (χ0v) is 34.1. The first-order chi connectivity index (χ1) is 29.9. The Morgan fingerprint density at radius 3 is 2.47 bits per heavy atom. The second kappa shape index (κ2) is 18.6. The number of aromatic nitrogens is 1. The van der Waals surface area contributed by atoms with Crippen molar-refractivity contribution in [1.29, 1.82) is 0 Å². The Morgan fingerprint density at radius 1 is 0.968 bits per heavy atom. The zero-order valence-electron chi connectivity index (χ0n) is 34.1. The maximum atomic E-state index is 15.7. The molecule has 0 radical (unpaired) electrons. The summed E-state index contributed by atoms with van der Waals surface area (Å²) in [5.41, 5.74) is 3.57. The standard InChI is InChI=1S/C45H45FN8O8/c1-24(51-33-13-9-12-28-38(33)45(61)54(44(28)60)35-16-17-37(55)53-43(35)59)40(56)48-18-7-8-19-49-42(58)27-15-14-25(20-32(27)46)29-21-30-34(22-36(29)62-3)50-23-31(41(57)47-2)39(30)52-26-10-5-4-6-11-26/h4-6,9-15,20-24,35,42,49,51,58H,7-8,16-19H2,1-3H3,(H,47,57)(H,48,56)(H,50,52)(H,53,55,59). The van der Waals surface area contributed by atoms with E-state index < -0.39 is 47.8 Å². The Morgan fingerprint density at radius 2 is 1.74 bits per heavy atom. The Hall–Kier alpha value is -7.24. The molecule has 17 heteroatoms. The van der Waals surface area contributed by atoms with Crippen molar-refractivity contribution in [1.82, 2.24) is 31.2 Å². The molecule has 62 heavy (non-hydrogen) atoms. The van der Waals surface area contributed by atoms with Crippen molar-refractivity contribution < 1.29 is 43.0 Å². The van der Waals surface area contributed by atoms with Gasteiger partial charge in [-0.15, -0.1) is 0 Å². The molecular formula is C45H45FN8O8.